The number of halogens is 3. The minimum absolute atomic E-state index is 0.114. The predicted octanol–water partition coefficient (Wildman–Crippen LogP) is 3.61. The van der Waals surface area contributed by atoms with Crippen LogP contribution in [0, 0.1) is 11.3 Å². The third-order valence-electron chi connectivity index (χ3n) is 5.24. The summed E-state index contributed by atoms with van der Waals surface area (Å²) in [5.41, 5.74) is 0.0580. The van der Waals surface area contributed by atoms with Crippen molar-refractivity contribution in [1.82, 2.24) is 9.80 Å². The molecule has 1 fully saturated rings. The number of methoxy groups -OCH3 is 1. The summed E-state index contributed by atoms with van der Waals surface area (Å²) < 4.78 is 48.6. The van der Waals surface area contributed by atoms with Gasteiger partial charge >= 0.3 is 6.18 Å². The highest BCUT2D eigenvalue weighted by Gasteiger charge is 2.31. The molecule has 1 heterocycles. The number of ether oxygens (including phenoxy) is 2. The lowest BCUT2D eigenvalue weighted by Crippen LogP contribution is -2.50. The zero-order valence-electron chi connectivity index (χ0n) is 18.3. The van der Waals surface area contributed by atoms with Crippen LogP contribution in [0.25, 0.3) is 6.08 Å². The molecule has 0 saturated carbocycles. The van der Waals surface area contributed by atoms with E-state index in [0.29, 0.717) is 30.2 Å². The van der Waals surface area contributed by atoms with E-state index >= 15 is 0 Å². The van der Waals surface area contributed by atoms with Gasteiger partial charge in [-0.1, -0.05) is 6.07 Å². The number of benzene rings is 2. The van der Waals surface area contributed by atoms with Gasteiger partial charge in [-0.15, -0.1) is 0 Å². The van der Waals surface area contributed by atoms with Crippen LogP contribution in [0.4, 0.5) is 13.2 Å². The number of hydrogen-bond donors (Lipinski definition) is 0. The fraction of sp³-hybridized carbons (Fsp3) is 0.292. The number of alkyl halides is 3. The maximum atomic E-state index is 12.7. The quantitative estimate of drug-likeness (QED) is 0.599. The maximum absolute atomic E-state index is 12.7. The van der Waals surface area contributed by atoms with Crippen LogP contribution < -0.4 is 9.47 Å². The Hall–Kier alpha value is -4.00. The smallest absolute Gasteiger partial charge is 0.416 e. The molecule has 0 aliphatic carbocycles. The van der Waals surface area contributed by atoms with Crippen LogP contribution in [0.1, 0.15) is 21.5 Å². The molecule has 3 rings (SSSR count). The highest BCUT2D eigenvalue weighted by Crippen LogP contribution is 2.30. The monoisotopic (exact) mass is 473 g/mol. The van der Waals surface area contributed by atoms with E-state index in [2.05, 4.69) is 0 Å². The number of piperazine rings is 1. The Morgan fingerprint density at radius 3 is 2.26 bits per heavy atom. The second-order valence-electron chi connectivity index (χ2n) is 7.38. The van der Waals surface area contributed by atoms with Gasteiger partial charge in [-0.3, -0.25) is 9.59 Å². The van der Waals surface area contributed by atoms with E-state index in [1.54, 1.807) is 29.2 Å². The Morgan fingerprint density at radius 2 is 1.68 bits per heavy atom. The molecule has 1 aliphatic heterocycles. The molecule has 2 amide bonds. The van der Waals surface area contributed by atoms with Gasteiger partial charge in [0, 0.05) is 37.8 Å². The first-order chi connectivity index (χ1) is 16.2. The fourth-order valence-electron chi connectivity index (χ4n) is 3.40. The third-order valence-corrected chi connectivity index (χ3v) is 5.24. The summed E-state index contributed by atoms with van der Waals surface area (Å²) in [7, 11) is 1.47. The van der Waals surface area contributed by atoms with Crippen molar-refractivity contribution in [2.75, 3.05) is 39.9 Å². The largest absolute Gasteiger partial charge is 0.493 e. The molecule has 2 aromatic carbocycles. The first-order valence-electron chi connectivity index (χ1n) is 10.3. The molecule has 0 bridgehead atoms. The van der Waals surface area contributed by atoms with E-state index in [1.807, 2.05) is 6.07 Å². The van der Waals surface area contributed by atoms with Gasteiger partial charge in [0.15, 0.2) is 18.1 Å². The molecule has 0 unspecified atom stereocenters. The van der Waals surface area contributed by atoms with Gasteiger partial charge in [-0.05, 0) is 48.0 Å². The van der Waals surface area contributed by atoms with Crippen LogP contribution in [-0.2, 0) is 11.0 Å². The molecular weight excluding hydrogens is 451 g/mol. The molecular formula is C24H22F3N3O4. The minimum atomic E-state index is -4.46. The van der Waals surface area contributed by atoms with Crippen molar-refractivity contribution in [3.05, 3.63) is 65.2 Å². The van der Waals surface area contributed by atoms with E-state index < -0.39 is 11.7 Å². The van der Waals surface area contributed by atoms with Gasteiger partial charge < -0.3 is 19.3 Å². The summed E-state index contributed by atoms with van der Waals surface area (Å²) in [5, 5.41) is 8.63. The van der Waals surface area contributed by atoms with Gasteiger partial charge in [0.2, 0.25) is 5.91 Å². The van der Waals surface area contributed by atoms with E-state index in [9.17, 15) is 22.8 Å². The van der Waals surface area contributed by atoms with Crippen molar-refractivity contribution in [3.63, 3.8) is 0 Å². The van der Waals surface area contributed by atoms with Crippen molar-refractivity contribution in [3.8, 4) is 17.6 Å². The second-order valence-corrected chi connectivity index (χ2v) is 7.38. The Balaban J connectivity index is 1.56. The molecule has 1 saturated heterocycles. The molecule has 0 spiro atoms. The third kappa shape index (κ3) is 6.07. The average Bonchev–Trinajstić information content (AvgIpc) is 2.85. The maximum Gasteiger partial charge on any atom is 0.416 e. The standard InChI is InChI=1S/C24H22F3N3O4/c1-33-21-16-17(2-8-20(21)34-15-10-28)3-9-22(31)29-11-13-30(14-12-29)23(32)18-4-6-19(7-5-18)24(25,26)27/h2-9,16H,11-15H2,1H3. The number of carbonyl (C=O) groups excluding carboxylic acids is 2. The molecule has 34 heavy (non-hydrogen) atoms. The highest BCUT2D eigenvalue weighted by molar-refractivity contribution is 5.95. The predicted molar refractivity (Wildman–Crippen MR) is 117 cm³/mol. The van der Waals surface area contributed by atoms with Gasteiger partial charge in [-0.2, -0.15) is 18.4 Å². The molecule has 178 valence electrons. The van der Waals surface area contributed by atoms with E-state index in [4.69, 9.17) is 14.7 Å². The van der Waals surface area contributed by atoms with Crippen LogP contribution in [0.3, 0.4) is 0 Å². The molecule has 0 atom stereocenters. The van der Waals surface area contributed by atoms with Crippen LogP contribution in [0.15, 0.2) is 48.5 Å². The van der Waals surface area contributed by atoms with Gasteiger partial charge in [0.1, 0.15) is 6.07 Å². The summed E-state index contributed by atoms with van der Waals surface area (Å²) in [6, 6.07) is 11.0. The molecule has 0 N–H and O–H groups in total. The Morgan fingerprint density at radius 1 is 1.03 bits per heavy atom. The lowest BCUT2D eigenvalue weighted by atomic mass is 10.1. The SMILES string of the molecule is COc1cc(C=CC(=O)N2CCN(C(=O)c3ccc(C(F)(F)F)cc3)CC2)ccc1OCC#N. The topological polar surface area (TPSA) is 82.9 Å². The normalized spacial score (nSPS) is 14.1. The van der Waals surface area contributed by atoms with Crippen molar-refractivity contribution in [1.29, 1.82) is 5.26 Å². The van der Waals surface area contributed by atoms with Crippen LogP contribution in [-0.4, -0.2) is 61.5 Å². The van der Waals surface area contributed by atoms with Gasteiger partial charge in [0.05, 0.1) is 12.7 Å². The van der Waals surface area contributed by atoms with Crippen molar-refractivity contribution >= 4 is 17.9 Å². The number of hydrogen-bond acceptors (Lipinski definition) is 5. The zero-order valence-corrected chi connectivity index (χ0v) is 18.3. The summed E-state index contributed by atoms with van der Waals surface area (Å²) >= 11 is 0. The number of nitriles is 1. The van der Waals surface area contributed by atoms with Crippen molar-refractivity contribution in [2.45, 2.75) is 6.18 Å². The fourth-order valence-corrected chi connectivity index (χ4v) is 3.40. The van der Waals surface area contributed by atoms with E-state index in [-0.39, 0.29) is 37.1 Å². The summed E-state index contributed by atoms with van der Waals surface area (Å²) in [6.45, 7) is 1.05. The minimum Gasteiger partial charge on any atom is -0.493 e. The summed E-state index contributed by atoms with van der Waals surface area (Å²) in [6.07, 6.45) is -1.42. The molecule has 7 nitrogen and oxygen atoms in total. The summed E-state index contributed by atoms with van der Waals surface area (Å²) in [4.78, 5) is 28.2. The molecule has 0 aromatic heterocycles. The zero-order chi connectivity index (χ0) is 24.7. The van der Waals surface area contributed by atoms with Gasteiger partial charge in [-0.25, -0.2) is 0 Å². The van der Waals surface area contributed by atoms with Crippen LogP contribution in [0.2, 0.25) is 0 Å². The Bertz CT molecular complexity index is 1100. The Labute approximate surface area is 194 Å². The number of rotatable bonds is 6. The van der Waals surface area contributed by atoms with Crippen LogP contribution >= 0.6 is 0 Å². The van der Waals surface area contributed by atoms with E-state index in [0.717, 1.165) is 24.3 Å². The molecule has 10 heteroatoms. The number of carbonyl (C=O) groups is 2. The first kappa shape index (κ1) is 24.6. The molecule has 0 radical (unpaired) electrons. The summed E-state index contributed by atoms with van der Waals surface area (Å²) in [5.74, 6) is 0.245. The van der Waals surface area contributed by atoms with Crippen LogP contribution in [0.5, 0.6) is 11.5 Å². The number of amides is 2. The van der Waals surface area contributed by atoms with Crippen molar-refractivity contribution < 1.29 is 32.2 Å². The number of nitrogens with zero attached hydrogens (tertiary/aromatic N) is 3. The molecule has 1 aliphatic rings. The Kier molecular flexibility index (Phi) is 7.79. The average molecular weight is 473 g/mol. The lowest BCUT2D eigenvalue weighted by Gasteiger charge is -2.34. The first-order valence-corrected chi connectivity index (χ1v) is 10.3. The van der Waals surface area contributed by atoms with Gasteiger partial charge in [0.25, 0.3) is 5.91 Å². The van der Waals surface area contributed by atoms with E-state index in [1.165, 1.54) is 18.1 Å². The lowest BCUT2D eigenvalue weighted by molar-refractivity contribution is -0.137. The second kappa shape index (κ2) is 10.7. The van der Waals surface area contributed by atoms with Crippen molar-refractivity contribution in [2.24, 2.45) is 0 Å². The molecule has 2 aromatic rings. The highest BCUT2D eigenvalue weighted by atomic mass is 19.4.